The number of carboxylic acid groups (broad SMARTS) is 1. The zero-order valence-electron chi connectivity index (χ0n) is 20.9. The minimum absolute atomic E-state index is 0.00694. The van der Waals surface area contributed by atoms with E-state index in [0.717, 1.165) is 45.3 Å². The molecule has 1 amide bonds. The summed E-state index contributed by atoms with van der Waals surface area (Å²) in [5.74, 6) is -1.17. The second kappa shape index (κ2) is 20.8. The molecule has 1 aliphatic heterocycles. The maximum atomic E-state index is 11.7. The van der Waals surface area contributed by atoms with Crippen molar-refractivity contribution in [3.63, 3.8) is 0 Å². The quantitative estimate of drug-likeness (QED) is 0.308. The van der Waals surface area contributed by atoms with Crippen LogP contribution in [0.4, 0.5) is 0 Å². The summed E-state index contributed by atoms with van der Waals surface area (Å²) in [6, 6.07) is 1.06. The predicted molar refractivity (Wildman–Crippen MR) is 141 cm³/mol. The number of carboxylic acids is 1. The first kappa shape index (κ1) is 32.9. The van der Waals surface area contributed by atoms with Gasteiger partial charge in [0.1, 0.15) is 0 Å². The molecule has 1 saturated carbocycles. The zero-order chi connectivity index (χ0) is 25.9. The van der Waals surface area contributed by atoms with Gasteiger partial charge in [0.15, 0.2) is 0 Å². The molecule has 0 aromatic heterocycles. The fraction of sp³-hybridized carbons (Fsp3) is 0.913. The van der Waals surface area contributed by atoms with Gasteiger partial charge in [-0.1, -0.05) is 46.0 Å². The second-order valence-corrected chi connectivity index (χ2v) is 11.1. The number of carbonyl (C=O) groups excluding carboxylic acids is 1. The molecule has 1 aliphatic carbocycles. The molecule has 9 nitrogen and oxygen atoms in total. The number of carbonyl (C=O) groups is 2. The molecule has 0 aromatic rings. The normalized spacial score (nSPS) is 28.9. The van der Waals surface area contributed by atoms with Gasteiger partial charge in [0.05, 0.1) is 6.42 Å². The summed E-state index contributed by atoms with van der Waals surface area (Å²) in [7, 11) is 9.59. The van der Waals surface area contributed by atoms with Crippen molar-refractivity contribution in [1.29, 1.82) is 0 Å². The third kappa shape index (κ3) is 17.1. The minimum atomic E-state index is -0.952. The predicted octanol–water partition coefficient (Wildman–Crippen LogP) is 5.46. The number of hydrogen-bond acceptors (Lipinski definition) is 2. The van der Waals surface area contributed by atoms with Crippen molar-refractivity contribution in [3.05, 3.63) is 26.6 Å². The van der Waals surface area contributed by atoms with Crippen molar-refractivity contribution in [3.8, 4) is 0 Å². The number of nitrogens with zero attached hydrogens (tertiary/aromatic N) is 5. The average Bonchev–Trinajstić information content (AvgIpc) is 2.84. The molecule has 12 heteroatoms. The Labute approximate surface area is 226 Å². The van der Waals surface area contributed by atoms with Gasteiger partial charge in [-0.3, -0.25) is 9.59 Å². The summed E-state index contributed by atoms with van der Waals surface area (Å²) in [4.78, 5) is 22.3. The van der Waals surface area contributed by atoms with Crippen molar-refractivity contribution >= 4 is 32.1 Å². The van der Waals surface area contributed by atoms with Crippen molar-refractivity contribution in [2.45, 2.75) is 95.4 Å². The molecule has 2 rings (SSSR count). The monoisotopic (exact) mass is 574 g/mol. The van der Waals surface area contributed by atoms with E-state index in [1.807, 2.05) is 0 Å². The number of fused-ring (bicyclic) bond motifs is 1. The number of rotatable bonds is 7. The second-order valence-electron chi connectivity index (χ2n) is 9.12. The van der Waals surface area contributed by atoms with Crippen molar-refractivity contribution in [2.75, 3.05) is 39.3 Å². The van der Waals surface area contributed by atoms with Gasteiger partial charge in [-0.25, -0.2) is 0 Å². The van der Waals surface area contributed by atoms with Crippen molar-refractivity contribution < 1.29 is 27.8 Å². The van der Waals surface area contributed by atoms with Gasteiger partial charge in [0, 0.05) is 13.0 Å². The molecule has 35 heavy (non-hydrogen) atoms. The maximum absolute atomic E-state index is 11.7. The van der Waals surface area contributed by atoms with Crippen molar-refractivity contribution in [2.24, 2.45) is 0 Å². The van der Waals surface area contributed by atoms with E-state index < -0.39 is 5.97 Å². The molecule has 0 unspecified atom stereocenters. The third-order valence-electron chi connectivity index (χ3n) is 6.06. The van der Waals surface area contributed by atoms with Gasteiger partial charge in [0.25, 0.3) is 0 Å². The molecular weight excluding hydrogens is 534 g/mol. The van der Waals surface area contributed by atoms with E-state index in [1.54, 1.807) is 0 Å². The summed E-state index contributed by atoms with van der Waals surface area (Å²) in [6.45, 7) is 8.36. The molecule has 207 valence electrons. The molecule has 5 atom stereocenters. The zero-order valence-corrected chi connectivity index (χ0v) is 23.6. The Morgan fingerprint density at radius 2 is 1.49 bits per heavy atom. The van der Waals surface area contributed by atoms with Crippen LogP contribution in [0.15, 0.2) is 0 Å². The fourth-order valence-corrected chi connectivity index (χ4v) is 4.14. The summed E-state index contributed by atoms with van der Waals surface area (Å²) in [5.41, 5.74) is 0. The van der Waals surface area contributed by atoms with Crippen LogP contribution in [0.1, 0.15) is 65.2 Å². The summed E-state index contributed by atoms with van der Waals surface area (Å²) in [5, 5.41) is 35.8. The number of aliphatic carboxylic acids is 1. The van der Waals surface area contributed by atoms with E-state index in [0.29, 0.717) is 25.7 Å². The van der Waals surface area contributed by atoms with Crippen LogP contribution in [0.25, 0.3) is 26.6 Å². The summed E-state index contributed by atoms with van der Waals surface area (Å²) >= 11 is 0.00694. The first-order valence-electron chi connectivity index (χ1n) is 12.5. The standard InChI is InChI=1S/C23H41N6O3.2ClH.Mn/c1-17-14-27-18(2)15-28-19(6-5-11-26-22(30)9-10-23(31)32)16-29-21-8-4-3-7-20(21)25-13-12-24-17;;;/h17-21H,3-16H2,1-2H3,(H,26,30)(H,31,32);2*1H;/q-5;;;+2/p-2/t17-,18+,19-,20+,21+;;;/m0.../s1. The molecule has 2 fully saturated rings. The summed E-state index contributed by atoms with van der Waals surface area (Å²) in [6.07, 6.45) is 6.16. The van der Waals surface area contributed by atoms with Gasteiger partial charge < -0.3 is 37.0 Å². The van der Waals surface area contributed by atoms with E-state index >= 15 is 0 Å². The average molecular weight is 575 g/mol. The Kier molecular flexibility index (Phi) is 19.6. The van der Waals surface area contributed by atoms with Crippen LogP contribution in [0.2, 0.25) is 0 Å². The van der Waals surface area contributed by atoms with E-state index in [9.17, 15) is 9.59 Å². The fourth-order valence-electron chi connectivity index (χ4n) is 4.14. The Balaban J connectivity index is 0.00000194. The van der Waals surface area contributed by atoms with Crippen LogP contribution in [-0.4, -0.2) is 86.5 Å². The molecule has 2 aliphatic rings. The van der Waals surface area contributed by atoms with Gasteiger partial charge in [0.2, 0.25) is 5.91 Å². The van der Waals surface area contributed by atoms with Crippen LogP contribution in [0, 0.1) is 0 Å². The van der Waals surface area contributed by atoms with E-state index in [1.165, 1.54) is 12.8 Å². The van der Waals surface area contributed by atoms with Crippen LogP contribution < -0.4 is 5.32 Å². The first-order chi connectivity index (χ1) is 16.8. The molecule has 1 heterocycles. The van der Waals surface area contributed by atoms with Gasteiger partial charge in [-0.15, -0.1) is 0 Å². The van der Waals surface area contributed by atoms with Crippen LogP contribution in [-0.2, 0) is 22.7 Å². The van der Waals surface area contributed by atoms with E-state index in [4.69, 9.17) is 51.9 Å². The van der Waals surface area contributed by atoms with Gasteiger partial charge in [-0.05, 0) is 6.42 Å². The van der Waals surface area contributed by atoms with Crippen LogP contribution >= 0.6 is 20.2 Å². The van der Waals surface area contributed by atoms with E-state index in [2.05, 4.69) is 19.2 Å². The Morgan fingerprint density at radius 3 is 2.17 bits per heavy atom. The third-order valence-corrected chi connectivity index (χ3v) is 6.06. The van der Waals surface area contributed by atoms with E-state index in [-0.39, 0.29) is 56.0 Å². The number of halogens is 2. The molecule has 0 spiro atoms. The molecule has 0 aromatic carbocycles. The molecule has 0 radical (unpaired) electrons. The van der Waals surface area contributed by atoms with Crippen molar-refractivity contribution in [1.82, 2.24) is 5.32 Å². The SMILES string of the molecule is C[C@@H]1C[N-][C@@H](CCCNC(=O)CCC(=O)O)C[N-][C@@H]2CCCC[C@H]2[N-]CC[N-][C@@H](C)C[N-]1.[Cl][Mn][Cl]. The Hall–Kier alpha value is -0.161. The molecule has 2 N–H and O–H groups in total. The van der Waals surface area contributed by atoms with Crippen LogP contribution in [0.5, 0.6) is 0 Å². The number of nitrogens with one attached hydrogen (secondary N) is 1. The van der Waals surface area contributed by atoms with Crippen LogP contribution in [0.3, 0.4) is 0 Å². The molecule has 1 saturated heterocycles. The Morgan fingerprint density at radius 1 is 0.886 bits per heavy atom. The molecule has 0 bridgehead atoms. The van der Waals surface area contributed by atoms with Gasteiger partial charge >= 0.3 is 39.3 Å². The number of amides is 1. The summed E-state index contributed by atoms with van der Waals surface area (Å²) < 4.78 is 0. The first-order valence-corrected chi connectivity index (χ1v) is 15.8. The van der Waals surface area contributed by atoms with Gasteiger partial charge in [-0.2, -0.15) is 62.9 Å². The topological polar surface area (TPSA) is 137 Å². The number of hydrogen-bond donors (Lipinski definition) is 2. The molecular formula is C23H41Cl2MnN6O3-5. The Bertz CT molecular complexity index is 581.